The summed E-state index contributed by atoms with van der Waals surface area (Å²) in [4.78, 5) is 25.7. The third kappa shape index (κ3) is 3.97. The Bertz CT molecular complexity index is 798. The predicted molar refractivity (Wildman–Crippen MR) is 106 cm³/mol. The fraction of sp³-hybridized carbons (Fsp3) is 0.263. The molecule has 3 rings (SSSR count). The number of carbonyl (C=O) groups excluding carboxylic acids is 2. The number of thioether (sulfide) groups is 1. The lowest BCUT2D eigenvalue weighted by atomic mass is 10.1. The van der Waals surface area contributed by atoms with Crippen molar-refractivity contribution in [1.82, 2.24) is 0 Å². The highest BCUT2D eigenvalue weighted by molar-refractivity contribution is 8.00. The number of anilines is 2. The van der Waals surface area contributed by atoms with E-state index in [1.165, 1.54) is 0 Å². The minimum absolute atomic E-state index is 0.0478. The van der Waals surface area contributed by atoms with Crippen LogP contribution < -0.4 is 15.0 Å². The van der Waals surface area contributed by atoms with Crippen LogP contribution in [0.3, 0.4) is 0 Å². The number of nitrogens with zero attached hydrogens (tertiary/aromatic N) is 1. The highest BCUT2D eigenvalue weighted by Gasteiger charge is 2.35. The lowest BCUT2D eigenvalue weighted by Crippen LogP contribution is -2.28. The molecule has 0 aliphatic carbocycles. The van der Waals surface area contributed by atoms with Gasteiger partial charge in [0, 0.05) is 5.69 Å². The second-order valence-electron chi connectivity index (χ2n) is 5.63. The molecule has 0 unspecified atom stereocenters. The summed E-state index contributed by atoms with van der Waals surface area (Å²) in [6.45, 7) is 2.45. The normalized spacial score (nSPS) is 16.6. The Morgan fingerprint density at radius 2 is 2.00 bits per heavy atom. The summed E-state index contributed by atoms with van der Waals surface area (Å²) in [6, 6.07) is 15.0. The van der Waals surface area contributed by atoms with Crippen LogP contribution in [0.15, 0.2) is 48.5 Å². The van der Waals surface area contributed by atoms with Gasteiger partial charge in [-0.1, -0.05) is 24.3 Å². The van der Waals surface area contributed by atoms with E-state index in [4.69, 9.17) is 16.3 Å². The van der Waals surface area contributed by atoms with Gasteiger partial charge in [-0.05, 0) is 36.8 Å². The zero-order valence-corrected chi connectivity index (χ0v) is 15.8. The average molecular weight is 391 g/mol. The van der Waals surface area contributed by atoms with Crippen molar-refractivity contribution in [2.45, 2.75) is 12.3 Å². The molecule has 0 radical (unpaired) electrons. The van der Waals surface area contributed by atoms with E-state index in [0.717, 1.165) is 11.3 Å². The number of halogens is 1. The van der Waals surface area contributed by atoms with Gasteiger partial charge in [0.1, 0.15) is 17.0 Å². The van der Waals surface area contributed by atoms with Crippen LogP contribution in [0.25, 0.3) is 0 Å². The molecule has 2 aromatic carbocycles. The van der Waals surface area contributed by atoms with E-state index < -0.39 is 0 Å². The molecule has 5 nitrogen and oxygen atoms in total. The summed E-state index contributed by atoms with van der Waals surface area (Å²) in [6.07, 6.45) is 0. The third-order valence-electron chi connectivity index (χ3n) is 3.89. The molecule has 7 heteroatoms. The average Bonchev–Trinajstić information content (AvgIpc) is 3.04. The Balaban J connectivity index is 1.87. The number of alkyl halides is 1. The van der Waals surface area contributed by atoms with Gasteiger partial charge >= 0.3 is 0 Å². The molecule has 1 saturated heterocycles. The number of hydrogen-bond acceptors (Lipinski definition) is 4. The first kappa shape index (κ1) is 18.6. The van der Waals surface area contributed by atoms with Crippen LogP contribution in [0.5, 0.6) is 5.75 Å². The quantitative estimate of drug-likeness (QED) is 0.756. The number of ether oxygens (including phenoxy) is 1. The topological polar surface area (TPSA) is 58.6 Å². The van der Waals surface area contributed by atoms with E-state index in [2.05, 4.69) is 5.32 Å². The summed E-state index contributed by atoms with van der Waals surface area (Å²) in [5.41, 5.74) is 2.43. The number of hydrogen-bond donors (Lipinski definition) is 1. The van der Waals surface area contributed by atoms with Crippen LogP contribution >= 0.6 is 23.4 Å². The van der Waals surface area contributed by atoms with Crippen molar-refractivity contribution in [3.05, 3.63) is 54.1 Å². The summed E-state index contributed by atoms with van der Waals surface area (Å²) < 4.78 is 5.69. The van der Waals surface area contributed by atoms with E-state index in [1.54, 1.807) is 16.7 Å². The van der Waals surface area contributed by atoms with Gasteiger partial charge in [0.15, 0.2) is 0 Å². The van der Waals surface area contributed by atoms with E-state index in [9.17, 15) is 9.59 Å². The predicted octanol–water partition coefficient (Wildman–Crippen LogP) is 4.04. The van der Waals surface area contributed by atoms with Crippen LogP contribution in [0, 0.1) is 0 Å². The first-order valence-corrected chi connectivity index (χ1v) is 9.83. The molecule has 1 heterocycles. The molecule has 0 spiro atoms. The summed E-state index contributed by atoms with van der Waals surface area (Å²) in [7, 11) is 0. The van der Waals surface area contributed by atoms with Crippen molar-refractivity contribution in [2.75, 3.05) is 28.5 Å². The molecule has 26 heavy (non-hydrogen) atoms. The number of amides is 2. The molecule has 1 aliphatic rings. The molecule has 0 saturated carbocycles. The Hall–Kier alpha value is -2.18. The number of para-hydroxylation sites is 2. The molecular formula is C19H19ClN2O3S. The molecule has 1 N–H and O–H groups in total. The lowest BCUT2D eigenvalue weighted by molar-refractivity contribution is -0.116. The van der Waals surface area contributed by atoms with Gasteiger partial charge in [0.2, 0.25) is 11.8 Å². The van der Waals surface area contributed by atoms with E-state index in [1.807, 2.05) is 55.5 Å². The summed E-state index contributed by atoms with van der Waals surface area (Å²) in [5.74, 6) is 0.817. The molecule has 2 amide bonds. The van der Waals surface area contributed by atoms with Crippen LogP contribution in [0.1, 0.15) is 17.9 Å². The van der Waals surface area contributed by atoms with E-state index in [-0.39, 0.29) is 23.1 Å². The van der Waals surface area contributed by atoms with Crippen molar-refractivity contribution in [2.24, 2.45) is 0 Å². The van der Waals surface area contributed by atoms with Crippen molar-refractivity contribution in [3.63, 3.8) is 0 Å². The van der Waals surface area contributed by atoms with Crippen LogP contribution in [-0.4, -0.2) is 30.1 Å². The Kier molecular flexibility index (Phi) is 6.06. The van der Waals surface area contributed by atoms with Crippen molar-refractivity contribution in [3.8, 4) is 5.75 Å². The van der Waals surface area contributed by atoms with Crippen LogP contribution in [0.4, 0.5) is 11.4 Å². The maximum absolute atomic E-state index is 12.5. The first-order chi connectivity index (χ1) is 12.6. The van der Waals surface area contributed by atoms with Crippen LogP contribution in [0.2, 0.25) is 0 Å². The Morgan fingerprint density at radius 1 is 1.27 bits per heavy atom. The number of nitrogens with one attached hydrogen (secondary N) is 1. The van der Waals surface area contributed by atoms with Crippen LogP contribution in [-0.2, 0) is 9.59 Å². The van der Waals surface area contributed by atoms with Gasteiger partial charge in [0.25, 0.3) is 0 Å². The maximum atomic E-state index is 12.5. The fourth-order valence-corrected chi connectivity index (χ4v) is 4.03. The SMILES string of the molecule is CCOc1ccccc1N1C(=O)CS[C@H]1c1ccc(NC(=O)CCl)cc1. The summed E-state index contributed by atoms with van der Waals surface area (Å²) in [5, 5.41) is 2.57. The first-order valence-electron chi connectivity index (χ1n) is 8.25. The lowest BCUT2D eigenvalue weighted by Gasteiger charge is -2.26. The minimum Gasteiger partial charge on any atom is -0.492 e. The Morgan fingerprint density at radius 3 is 2.69 bits per heavy atom. The fourth-order valence-electron chi connectivity index (χ4n) is 2.79. The zero-order chi connectivity index (χ0) is 18.5. The smallest absolute Gasteiger partial charge is 0.239 e. The molecule has 1 fully saturated rings. The molecular weight excluding hydrogens is 372 g/mol. The Labute approximate surface area is 161 Å². The second kappa shape index (κ2) is 8.47. The third-order valence-corrected chi connectivity index (χ3v) is 5.35. The number of benzene rings is 2. The standard InChI is InChI=1S/C19H19ClN2O3S/c1-2-25-16-6-4-3-5-15(16)22-18(24)12-26-19(22)13-7-9-14(10-8-13)21-17(23)11-20/h3-10,19H,2,11-12H2,1H3,(H,21,23)/t19-/m0/s1. The van der Waals surface area contributed by atoms with Gasteiger partial charge in [-0.3, -0.25) is 14.5 Å². The van der Waals surface area contributed by atoms with Crippen molar-refractivity contribution >= 4 is 46.6 Å². The molecule has 2 aromatic rings. The summed E-state index contributed by atoms with van der Waals surface area (Å²) >= 11 is 7.08. The highest BCUT2D eigenvalue weighted by atomic mass is 35.5. The number of rotatable bonds is 6. The molecule has 136 valence electrons. The van der Waals surface area contributed by atoms with E-state index in [0.29, 0.717) is 23.8 Å². The van der Waals surface area contributed by atoms with Crippen molar-refractivity contribution in [1.29, 1.82) is 0 Å². The molecule has 0 bridgehead atoms. The molecule has 1 aliphatic heterocycles. The van der Waals surface area contributed by atoms with Gasteiger partial charge < -0.3 is 10.1 Å². The van der Waals surface area contributed by atoms with E-state index >= 15 is 0 Å². The largest absolute Gasteiger partial charge is 0.492 e. The monoisotopic (exact) mass is 390 g/mol. The van der Waals surface area contributed by atoms with Gasteiger partial charge in [-0.25, -0.2) is 0 Å². The molecule has 0 aromatic heterocycles. The van der Waals surface area contributed by atoms with Gasteiger partial charge in [0.05, 0.1) is 18.0 Å². The number of carbonyl (C=O) groups is 2. The maximum Gasteiger partial charge on any atom is 0.239 e. The van der Waals surface area contributed by atoms with Crippen molar-refractivity contribution < 1.29 is 14.3 Å². The van der Waals surface area contributed by atoms with Gasteiger partial charge in [-0.15, -0.1) is 23.4 Å². The minimum atomic E-state index is -0.253. The molecule has 1 atom stereocenters. The van der Waals surface area contributed by atoms with Gasteiger partial charge in [-0.2, -0.15) is 0 Å². The highest BCUT2D eigenvalue weighted by Crippen LogP contribution is 2.44. The second-order valence-corrected chi connectivity index (χ2v) is 6.97. The zero-order valence-electron chi connectivity index (χ0n) is 14.3.